The summed E-state index contributed by atoms with van der Waals surface area (Å²) in [7, 11) is 0. The minimum Gasteiger partial charge on any atom is -0.394 e. The molecule has 1 aliphatic carbocycles. The highest BCUT2D eigenvalue weighted by molar-refractivity contribution is 5.74. The molecule has 0 spiro atoms. The van der Waals surface area contributed by atoms with E-state index < -0.39 is 24.5 Å². The lowest BCUT2D eigenvalue weighted by Crippen LogP contribution is -2.33. The Hall–Kier alpha value is -1.61. The Morgan fingerprint density at radius 1 is 1.19 bits per heavy atom. The van der Waals surface area contributed by atoms with Gasteiger partial charge in [0.05, 0.1) is 18.6 Å². The minimum atomic E-state index is -1.14. The summed E-state index contributed by atoms with van der Waals surface area (Å²) in [4.78, 5) is 12.9. The number of aliphatic hydroxyl groups is 3. The van der Waals surface area contributed by atoms with Crippen molar-refractivity contribution in [1.29, 1.82) is 0 Å². The lowest BCUT2D eigenvalue weighted by atomic mass is 10.1. The van der Waals surface area contributed by atoms with Crippen LogP contribution in [0.25, 0.3) is 11.2 Å². The monoisotopic (exact) mass is 292 g/mol. The minimum absolute atomic E-state index is 0.357. The smallest absolute Gasteiger partial charge is 0.165 e. The van der Waals surface area contributed by atoms with E-state index in [0.29, 0.717) is 17.1 Å². The fourth-order valence-electron chi connectivity index (χ4n) is 2.82. The van der Waals surface area contributed by atoms with Crippen molar-refractivity contribution in [3.05, 3.63) is 18.3 Å². The molecule has 0 unspecified atom stereocenters. The second-order valence-electron chi connectivity index (χ2n) is 5.59. The molecule has 4 atom stereocenters. The SMILES string of the molecule is OC[C@H]1O[C@@H](n2cnc3c(C4CC4)ncnc32)[C@H](O)[C@@H]1O. The van der Waals surface area contributed by atoms with E-state index in [4.69, 9.17) is 9.84 Å². The number of hydrogen-bond acceptors (Lipinski definition) is 7. The van der Waals surface area contributed by atoms with E-state index in [1.807, 2.05) is 0 Å². The molecule has 8 heteroatoms. The molecule has 0 bridgehead atoms. The highest BCUT2D eigenvalue weighted by Gasteiger charge is 2.44. The fourth-order valence-corrected chi connectivity index (χ4v) is 2.82. The number of hydrogen-bond donors (Lipinski definition) is 3. The van der Waals surface area contributed by atoms with Crippen molar-refractivity contribution in [3.8, 4) is 0 Å². The third-order valence-corrected chi connectivity index (χ3v) is 4.14. The van der Waals surface area contributed by atoms with Crippen LogP contribution in [0.4, 0.5) is 0 Å². The molecule has 2 aromatic rings. The van der Waals surface area contributed by atoms with E-state index in [0.717, 1.165) is 18.5 Å². The number of rotatable bonds is 3. The Morgan fingerprint density at radius 3 is 2.67 bits per heavy atom. The molecule has 4 rings (SSSR count). The van der Waals surface area contributed by atoms with Crippen LogP contribution in [0.5, 0.6) is 0 Å². The maximum atomic E-state index is 10.1. The second-order valence-corrected chi connectivity index (χ2v) is 5.59. The first-order chi connectivity index (χ1) is 10.2. The molecule has 0 amide bonds. The van der Waals surface area contributed by atoms with Gasteiger partial charge in [-0.2, -0.15) is 0 Å². The summed E-state index contributed by atoms with van der Waals surface area (Å²) in [6, 6.07) is 0. The number of aliphatic hydroxyl groups excluding tert-OH is 3. The molecular weight excluding hydrogens is 276 g/mol. The van der Waals surface area contributed by atoms with Crippen LogP contribution in [-0.2, 0) is 4.74 Å². The summed E-state index contributed by atoms with van der Waals surface area (Å²) in [5.41, 5.74) is 2.20. The van der Waals surface area contributed by atoms with Crippen LogP contribution in [0.15, 0.2) is 12.7 Å². The molecule has 1 saturated heterocycles. The van der Waals surface area contributed by atoms with Crippen molar-refractivity contribution in [2.45, 2.75) is 43.3 Å². The molecule has 1 saturated carbocycles. The van der Waals surface area contributed by atoms with E-state index in [2.05, 4.69) is 15.0 Å². The van der Waals surface area contributed by atoms with E-state index in [-0.39, 0.29) is 6.61 Å². The number of ether oxygens (including phenoxy) is 1. The summed E-state index contributed by atoms with van der Waals surface area (Å²) in [6.45, 7) is -0.357. The van der Waals surface area contributed by atoms with Gasteiger partial charge in [-0.15, -0.1) is 0 Å². The first-order valence-corrected chi connectivity index (χ1v) is 7.00. The molecule has 3 N–H and O–H groups in total. The van der Waals surface area contributed by atoms with Crippen molar-refractivity contribution in [2.75, 3.05) is 6.61 Å². The average molecular weight is 292 g/mol. The molecule has 0 radical (unpaired) electrons. The summed E-state index contributed by atoms with van der Waals surface area (Å²) in [5, 5.41) is 29.1. The Morgan fingerprint density at radius 2 is 2.00 bits per heavy atom. The summed E-state index contributed by atoms with van der Waals surface area (Å²) >= 11 is 0. The molecule has 8 nitrogen and oxygen atoms in total. The number of imidazole rings is 1. The maximum Gasteiger partial charge on any atom is 0.165 e. The normalized spacial score (nSPS) is 32.9. The van der Waals surface area contributed by atoms with Crippen LogP contribution in [0.1, 0.15) is 30.7 Å². The van der Waals surface area contributed by atoms with Crippen molar-refractivity contribution in [1.82, 2.24) is 19.5 Å². The third kappa shape index (κ3) is 1.95. The Kier molecular flexibility index (Phi) is 2.93. The van der Waals surface area contributed by atoms with Gasteiger partial charge in [-0.25, -0.2) is 15.0 Å². The van der Waals surface area contributed by atoms with Crippen LogP contribution in [0.2, 0.25) is 0 Å². The van der Waals surface area contributed by atoms with Gasteiger partial charge in [0.15, 0.2) is 11.9 Å². The Labute approximate surface area is 120 Å². The van der Waals surface area contributed by atoms with Crippen LogP contribution in [0, 0.1) is 0 Å². The number of nitrogens with zero attached hydrogens (tertiary/aromatic N) is 4. The van der Waals surface area contributed by atoms with E-state index in [1.165, 1.54) is 12.7 Å². The molecule has 3 heterocycles. The topological polar surface area (TPSA) is 114 Å². The highest BCUT2D eigenvalue weighted by Crippen LogP contribution is 2.41. The fraction of sp³-hybridized carbons (Fsp3) is 0.615. The first kappa shape index (κ1) is 13.1. The van der Waals surface area contributed by atoms with Gasteiger partial charge < -0.3 is 20.1 Å². The number of fused-ring (bicyclic) bond motifs is 1. The molecule has 1 aliphatic heterocycles. The second kappa shape index (κ2) is 4.70. The molecule has 0 aromatic carbocycles. The van der Waals surface area contributed by atoms with Crippen molar-refractivity contribution in [3.63, 3.8) is 0 Å². The zero-order valence-electron chi connectivity index (χ0n) is 11.2. The zero-order chi connectivity index (χ0) is 14.6. The van der Waals surface area contributed by atoms with Gasteiger partial charge in [-0.1, -0.05) is 0 Å². The van der Waals surface area contributed by atoms with Gasteiger partial charge in [0.2, 0.25) is 0 Å². The maximum absolute atomic E-state index is 10.1. The van der Waals surface area contributed by atoms with Crippen LogP contribution in [0.3, 0.4) is 0 Å². The molecule has 2 fully saturated rings. The van der Waals surface area contributed by atoms with Gasteiger partial charge in [0, 0.05) is 5.92 Å². The van der Waals surface area contributed by atoms with Crippen molar-refractivity contribution in [2.24, 2.45) is 0 Å². The van der Waals surface area contributed by atoms with Gasteiger partial charge in [-0.3, -0.25) is 4.57 Å². The Balaban J connectivity index is 1.76. The van der Waals surface area contributed by atoms with Crippen molar-refractivity contribution < 1.29 is 20.1 Å². The third-order valence-electron chi connectivity index (χ3n) is 4.14. The van der Waals surface area contributed by atoms with Gasteiger partial charge in [0.25, 0.3) is 0 Å². The summed E-state index contributed by atoms with van der Waals surface area (Å²) < 4.78 is 7.11. The zero-order valence-corrected chi connectivity index (χ0v) is 11.2. The van der Waals surface area contributed by atoms with Crippen LogP contribution < -0.4 is 0 Å². The largest absolute Gasteiger partial charge is 0.394 e. The van der Waals surface area contributed by atoms with Gasteiger partial charge in [0.1, 0.15) is 30.2 Å². The average Bonchev–Trinajstić information content (AvgIpc) is 3.20. The van der Waals surface area contributed by atoms with Crippen LogP contribution in [-0.4, -0.2) is 59.8 Å². The number of aromatic nitrogens is 4. The lowest BCUT2D eigenvalue weighted by molar-refractivity contribution is -0.0511. The van der Waals surface area contributed by atoms with E-state index in [1.54, 1.807) is 4.57 Å². The van der Waals surface area contributed by atoms with E-state index >= 15 is 0 Å². The quantitative estimate of drug-likeness (QED) is 0.686. The molecule has 112 valence electrons. The standard InChI is InChI=1S/C13H16N4O4/c18-3-7-10(19)11(20)13(21-7)17-5-16-9-8(6-1-2-6)14-4-15-12(9)17/h4-7,10-11,13,18-20H,1-3H2/t7-,10-,11-,13-/m1/s1. The molecule has 2 aromatic heterocycles. The predicted molar refractivity (Wildman–Crippen MR) is 70.3 cm³/mol. The molecule has 21 heavy (non-hydrogen) atoms. The summed E-state index contributed by atoms with van der Waals surface area (Å²) in [5.74, 6) is 0.434. The van der Waals surface area contributed by atoms with Crippen LogP contribution >= 0.6 is 0 Å². The first-order valence-electron chi connectivity index (χ1n) is 7.00. The lowest BCUT2D eigenvalue weighted by Gasteiger charge is -2.16. The molecule has 2 aliphatic rings. The highest BCUT2D eigenvalue weighted by atomic mass is 16.6. The van der Waals surface area contributed by atoms with Gasteiger partial charge in [-0.05, 0) is 12.8 Å². The van der Waals surface area contributed by atoms with Crippen molar-refractivity contribution >= 4 is 11.2 Å². The Bertz CT molecular complexity index is 671. The van der Waals surface area contributed by atoms with Gasteiger partial charge >= 0.3 is 0 Å². The van der Waals surface area contributed by atoms with E-state index in [9.17, 15) is 10.2 Å². The predicted octanol–water partition coefficient (Wildman–Crippen LogP) is -0.685. The summed E-state index contributed by atoms with van der Waals surface area (Å²) in [6.07, 6.45) is 1.32. The molecular formula is C13H16N4O4.